The molecule has 0 atom stereocenters. The number of aryl methyl sites for hydroxylation is 1. The van der Waals surface area contributed by atoms with Crippen molar-refractivity contribution in [1.29, 1.82) is 5.26 Å². The van der Waals surface area contributed by atoms with E-state index in [1.165, 1.54) is 0 Å². The Morgan fingerprint density at radius 2 is 2.06 bits per heavy atom. The van der Waals surface area contributed by atoms with E-state index >= 15 is 0 Å². The molecule has 0 unspecified atom stereocenters. The molecule has 1 aromatic heterocycles. The van der Waals surface area contributed by atoms with Crippen LogP contribution in [0.25, 0.3) is 0 Å². The van der Waals surface area contributed by atoms with E-state index in [2.05, 4.69) is 26.0 Å². The summed E-state index contributed by atoms with van der Waals surface area (Å²) in [6, 6.07) is 2.20. The average Bonchev–Trinajstić information content (AvgIpc) is 2.63. The predicted octanol–water partition coefficient (Wildman–Crippen LogP) is 0.799. The lowest BCUT2D eigenvalue weighted by atomic mass is 10.3. The molecule has 0 bridgehead atoms. The smallest absolute Gasteiger partial charge is 0.223 e. The van der Waals surface area contributed by atoms with Crippen LogP contribution in [0.5, 0.6) is 0 Å². The fraction of sp³-hybridized carbons (Fsp3) is 0.750. The maximum atomic E-state index is 8.60. The standard InChI is InChI=1S/C12H19N5O/c1-11-14-12(15-18-11)10-17-7-3-6-16(8-9-17)5-2-4-13/h2-3,5-10H2,1H3. The minimum absolute atomic E-state index is 0.615. The molecule has 1 aliphatic heterocycles. The van der Waals surface area contributed by atoms with Crippen LogP contribution >= 0.6 is 0 Å². The van der Waals surface area contributed by atoms with Crippen molar-refractivity contribution < 1.29 is 4.52 Å². The minimum atomic E-state index is 0.615. The number of nitrogens with zero attached hydrogens (tertiary/aromatic N) is 5. The van der Waals surface area contributed by atoms with Gasteiger partial charge in [0.05, 0.1) is 12.6 Å². The number of hydrogen-bond donors (Lipinski definition) is 0. The Labute approximate surface area is 107 Å². The molecule has 2 heterocycles. The van der Waals surface area contributed by atoms with Gasteiger partial charge in [0.25, 0.3) is 0 Å². The number of nitriles is 1. The second-order valence-corrected chi connectivity index (χ2v) is 4.61. The molecule has 0 aliphatic carbocycles. The van der Waals surface area contributed by atoms with E-state index in [1.54, 1.807) is 0 Å². The Kier molecular flexibility index (Phi) is 4.67. The zero-order valence-corrected chi connectivity index (χ0v) is 10.8. The van der Waals surface area contributed by atoms with Crippen molar-refractivity contribution >= 4 is 0 Å². The zero-order chi connectivity index (χ0) is 12.8. The van der Waals surface area contributed by atoms with Crippen LogP contribution in [-0.2, 0) is 6.54 Å². The van der Waals surface area contributed by atoms with Gasteiger partial charge in [-0.3, -0.25) is 4.90 Å². The van der Waals surface area contributed by atoms with Gasteiger partial charge in [-0.05, 0) is 19.5 Å². The van der Waals surface area contributed by atoms with Crippen molar-refractivity contribution in [3.05, 3.63) is 11.7 Å². The summed E-state index contributed by atoms with van der Waals surface area (Å²) in [4.78, 5) is 8.92. The Balaban J connectivity index is 1.80. The first kappa shape index (κ1) is 13.0. The van der Waals surface area contributed by atoms with E-state index < -0.39 is 0 Å². The summed E-state index contributed by atoms with van der Waals surface area (Å²) in [6.45, 7) is 7.58. The van der Waals surface area contributed by atoms with Crippen LogP contribution in [-0.4, -0.2) is 52.7 Å². The van der Waals surface area contributed by atoms with Gasteiger partial charge in [0, 0.05) is 33.0 Å². The molecule has 0 N–H and O–H groups in total. The largest absolute Gasteiger partial charge is 0.340 e. The molecule has 1 saturated heterocycles. The van der Waals surface area contributed by atoms with E-state index in [0.717, 1.165) is 51.5 Å². The van der Waals surface area contributed by atoms with Gasteiger partial charge in [-0.1, -0.05) is 5.16 Å². The molecular formula is C12H19N5O. The van der Waals surface area contributed by atoms with E-state index in [1.807, 2.05) is 6.92 Å². The molecule has 0 saturated carbocycles. The molecule has 0 spiro atoms. The summed E-state index contributed by atoms with van der Waals surface area (Å²) in [7, 11) is 0. The Morgan fingerprint density at radius 1 is 1.28 bits per heavy atom. The van der Waals surface area contributed by atoms with Gasteiger partial charge in [0.15, 0.2) is 5.82 Å². The molecule has 2 rings (SSSR count). The van der Waals surface area contributed by atoms with Crippen LogP contribution in [0.15, 0.2) is 4.52 Å². The van der Waals surface area contributed by atoms with Gasteiger partial charge in [-0.25, -0.2) is 0 Å². The lowest BCUT2D eigenvalue weighted by Crippen LogP contribution is -2.31. The summed E-state index contributed by atoms with van der Waals surface area (Å²) >= 11 is 0. The molecule has 1 aromatic rings. The first-order chi connectivity index (χ1) is 8.78. The quantitative estimate of drug-likeness (QED) is 0.786. The third kappa shape index (κ3) is 3.79. The summed E-state index contributed by atoms with van der Waals surface area (Å²) < 4.78 is 4.98. The van der Waals surface area contributed by atoms with Gasteiger partial charge < -0.3 is 9.42 Å². The van der Waals surface area contributed by atoms with Crippen molar-refractivity contribution in [1.82, 2.24) is 19.9 Å². The Bertz CT molecular complexity index is 411. The SMILES string of the molecule is Cc1nc(CN2CCCN(CCC#N)CC2)no1. The maximum Gasteiger partial charge on any atom is 0.223 e. The number of rotatable bonds is 4. The second kappa shape index (κ2) is 6.47. The van der Waals surface area contributed by atoms with E-state index in [4.69, 9.17) is 9.78 Å². The molecule has 0 aromatic carbocycles. The summed E-state index contributed by atoms with van der Waals surface area (Å²) in [5, 5.41) is 12.5. The van der Waals surface area contributed by atoms with Crippen LogP contribution in [0, 0.1) is 18.3 Å². The summed E-state index contributed by atoms with van der Waals surface area (Å²) in [5.41, 5.74) is 0. The first-order valence-corrected chi connectivity index (χ1v) is 6.39. The molecule has 98 valence electrons. The highest BCUT2D eigenvalue weighted by Crippen LogP contribution is 2.07. The highest BCUT2D eigenvalue weighted by molar-refractivity contribution is 4.85. The second-order valence-electron chi connectivity index (χ2n) is 4.61. The van der Waals surface area contributed by atoms with Gasteiger partial charge >= 0.3 is 0 Å². The Hall–Kier alpha value is -1.45. The van der Waals surface area contributed by atoms with Gasteiger partial charge in [-0.2, -0.15) is 10.2 Å². The van der Waals surface area contributed by atoms with Crippen molar-refractivity contribution in [2.45, 2.75) is 26.3 Å². The van der Waals surface area contributed by atoms with Gasteiger partial charge in [0.2, 0.25) is 5.89 Å². The van der Waals surface area contributed by atoms with Gasteiger partial charge in [0.1, 0.15) is 0 Å². The molecule has 6 heteroatoms. The van der Waals surface area contributed by atoms with Crippen LogP contribution < -0.4 is 0 Å². The Morgan fingerprint density at radius 3 is 2.78 bits per heavy atom. The summed E-state index contributed by atoms with van der Waals surface area (Å²) in [6.07, 6.45) is 1.74. The van der Waals surface area contributed by atoms with Crippen molar-refractivity contribution in [3.63, 3.8) is 0 Å². The van der Waals surface area contributed by atoms with E-state index in [9.17, 15) is 0 Å². The molecule has 0 amide bonds. The van der Waals surface area contributed by atoms with E-state index in [-0.39, 0.29) is 0 Å². The van der Waals surface area contributed by atoms with E-state index in [0.29, 0.717) is 12.3 Å². The predicted molar refractivity (Wildman–Crippen MR) is 65.6 cm³/mol. The highest BCUT2D eigenvalue weighted by atomic mass is 16.5. The first-order valence-electron chi connectivity index (χ1n) is 6.39. The van der Waals surface area contributed by atoms with Gasteiger partial charge in [-0.15, -0.1) is 0 Å². The monoisotopic (exact) mass is 249 g/mol. The number of aromatic nitrogens is 2. The fourth-order valence-electron chi connectivity index (χ4n) is 2.22. The average molecular weight is 249 g/mol. The molecule has 0 radical (unpaired) electrons. The molecule has 18 heavy (non-hydrogen) atoms. The topological polar surface area (TPSA) is 69.2 Å². The third-order valence-corrected chi connectivity index (χ3v) is 3.16. The molecule has 1 fully saturated rings. The van der Waals surface area contributed by atoms with Crippen molar-refractivity contribution in [3.8, 4) is 6.07 Å². The highest BCUT2D eigenvalue weighted by Gasteiger charge is 2.16. The van der Waals surface area contributed by atoms with Crippen LogP contribution in [0.1, 0.15) is 24.6 Å². The third-order valence-electron chi connectivity index (χ3n) is 3.16. The molecule has 6 nitrogen and oxygen atoms in total. The lowest BCUT2D eigenvalue weighted by Gasteiger charge is -2.19. The summed E-state index contributed by atoms with van der Waals surface area (Å²) in [5.74, 6) is 1.38. The van der Waals surface area contributed by atoms with Crippen LogP contribution in [0.3, 0.4) is 0 Å². The molecular weight excluding hydrogens is 230 g/mol. The van der Waals surface area contributed by atoms with Crippen LogP contribution in [0.2, 0.25) is 0 Å². The van der Waals surface area contributed by atoms with Crippen LogP contribution in [0.4, 0.5) is 0 Å². The fourth-order valence-corrected chi connectivity index (χ4v) is 2.22. The normalized spacial score (nSPS) is 18.4. The van der Waals surface area contributed by atoms with Crippen molar-refractivity contribution in [2.24, 2.45) is 0 Å². The number of hydrogen-bond acceptors (Lipinski definition) is 6. The minimum Gasteiger partial charge on any atom is -0.340 e. The molecule has 1 aliphatic rings. The zero-order valence-electron chi connectivity index (χ0n) is 10.8. The lowest BCUT2D eigenvalue weighted by molar-refractivity contribution is 0.247. The maximum absolute atomic E-state index is 8.60. The van der Waals surface area contributed by atoms with Crippen molar-refractivity contribution in [2.75, 3.05) is 32.7 Å².